The largest absolute Gasteiger partial charge is 0.423 e. The Bertz CT molecular complexity index is 1230. The summed E-state index contributed by atoms with van der Waals surface area (Å²) in [5, 5.41) is 13.8. The Hall–Kier alpha value is -2.91. The number of nitrogens with zero attached hydrogens (tertiary/aromatic N) is 1. The Morgan fingerprint density at radius 2 is 2.13 bits per heavy atom. The van der Waals surface area contributed by atoms with Crippen molar-refractivity contribution in [1.29, 1.82) is 5.26 Å². The molecule has 5 nitrogen and oxygen atoms in total. The summed E-state index contributed by atoms with van der Waals surface area (Å²) in [5.41, 5.74) is 1.92. The molecule has 4 rings (SSSR count). The fraction of sp³-hybridized carbons (Fsp3) is 0.375. The molecule has 0 aliphatic heterocycles. The highest BCUT2D eigenvalue weighted by Gasteiger charge is 2.34. The second-order valence-corrected chi connectivity index (χ2v) is 9.64. The first-order valence-electron chi connectivity index (χ1n) is 10.2. The van der Waals surface area contributed by atoms with Gasteiger partial charge in [0.1, 0.15) is 16.7 Å². The molecule has 3 aromatic rings. The lowest BCUT2D eigenvalue weighted by Crippen LogP contribution is -2.28. The summed E-state index contributed by atoms with van der Waals surface area (Å²) in [7, 11) is 0. The summed E-state index contributed by atoms with van der Waals surface area (Å²) in [4.78, 5) is 26.1. The molecule has 1 N–H and O–H groups in total. The standard InChI is InChI=1S/C24H24N2O3S/c1-4-24(2,3)14-9-10-16-18(13-25)23(30-20(16)11-14)26-22(28)17-12-21(27)29-19-8-6-5-7-15(17)19/h5-8,12,14H,4,9-11H2,1-3H3,(H,26,28). The molecular formula is C24H24N2O3S. The predicted octanol–water partition coefficient (Wildman–Crippen LogP) is 5.52. The van der Waals surface area contributed by atoms with Gasteiger partial charge in [0, 0.05) is 16.3 Å². The number of nitrogens with one attached hydrogen (secondary N) is 1. The molecule has 1 aromatic carbocycles. The number of carbonyl (C=O) groups excluding carboxylic acids is 1. The average Bonchev–Trinajstić information content (AvgIpc) is 3.09. The molecule has 0 saturated carbocycles. The van der Waals surface area contributed by atoms with Crippen molar-refractivity contribution in [3.05, 3.63) is 62.3 Å². The van der Waals surface area contributed by atoms with E-state index in [4.69, 9.17) is 4.42 Å². The van der Waals surface area contributed by atoms with E-state index < -0.39 is 11.5 Å². The van der Waals surface area contributed by atoms with Crippen LogP contribution in [0.15, 0.2) is 39.5 Å². The van der Waals surface area contributed by atoms with Crippen LogP contribution >= 0.6 is 11.3 Å². The van der Waals surface area contributed by atoms with Gasteiger partial charge in [0.25, 0.3) is 5.91 Å². The zero-order valence-corrected chi connectivity index (χ0v) is 18.2. The summed E-state index contributed by atoms with van der Waals surface area (Å²) in [6.45, 7) is 6.82. The quantitative estimate of drug-likeness (QED) is 0.563. The van der Waals surface area contributed by atoms with Crippen molar-refractivity contribution in [2.24, 2.45) is 11.3 Å². The van der Waals surface area contributed by atoms with E-state index in [1.165, 1.54) is 22.3 Å². The summed E-state index contributed by atoms with van der Waals surface area (Å²) in [6.07, 6.45) is 3.95. The van der Waals surface area contributed by atoms with Crippen LogP contribution in [-0.2, 0) is 12.8 Å². The molecule has 30 heavy (non-hydrogen) atoms. The van der Waals surface area contributed by atoms with Crippen LogP contribution in [0.25, 0.3) is 11.0 Å². The second-order valence-electron chi connectivity index (χ2n) is 8.53. The number of nitriles is 1. The van der Waals surface area contributed by atoms with Gasteiger partial charge in [0.2, 0.25) is 0 Å². The normalized spacial score (nSPS) is 16.1. The van der Waals surface area contributed by atoms with Crippen molar-refractivity contribution in [1.82, 2.24) is 0 Å². The molecule has 0 radical (unpaired) electrons. The smallest absolute Gasteiger partial charge is 0.337 e. The third-order valence-corrected chi connectivity index (χ3v) is 7.68. The van der Waals surface area contributed by atoms with Crippen LogP contribution in [0.2, 0.25) is 0 Å². The minimum atomic E-state index is -0.575. The Morgan fingerprint density at radius 1 is 1.37 bits per heavy atom. The number of hydrogen-bond donors (Lipinski definition) is 1. The first-order chi connectivity index (χ1) is 14.3. The molecule has 1 aliphatic carbocycles. The van der Waals surface area contributed by atoms with E-state index in [-0.39, 0.29) is 11.0 Å². The maximum Gasteiger partial charge on any atom is 0.337 e. The highest BCUT2D eigenvalue weighted by Crippen LogP contribution is 2.45. The van der Waals surface area contributed by atoms with Gasteiger partial charge < -0.3 is 9.73 Å². The van der Waals surface area contributed by atoms with E-state index in [0.717, 1.165) is 31.2 Å². The molecular weight excluding hydrogens is 396 g/mol. The molecule has 1 atom stereocenters. The molecule has 0 fully saturated rings. The molecule has 6 heteroatoms. The molecule has 1 unspecified atom stereocenters. The molecule has 1 amide bonds. The number of rotatable bonds is 4. The van der Waals surface area contributed by atoms with Crippen LogP contribution in [0, 0.1) is 22.7 Å². The van der Waals surface area contributed by atoms with Gasteiger partial charge in [-0.2, -0.15) is 5.26 Å². The SMILES string of the molecule is CCC(C)(C)C1CCc2c(sc(NC(=O)c3cc(=O)oc4ccccc34)c2C#N)C1. The molecule has 2 aromatic heterocycles. The topological polar surface area (TPSA) is 83.1 Å². The van der Waals surface area contributed by atoms with Crippen molar-refractivity contribution in [3.8, 4) is 6.07 Å². The summed E-state index contributed by atoms with van der Waals surface area (Å²) >= 11 is 1.49. The van der Waals surface area contributed by atoms with E-state index in [1.807, 2.05) is 0 Å². The van der Waals surface area contributed by atoms with Crippen molar-refractivity contribution >= 4 is 33.2 Å². The van der Waals surface area contributed by atoms with Crippen LogP contribution < -0.4 is 10.9 Å². The van der Waals surface area contributed by atoms with E-state index >= 15 is 0 Å². The fourth-order valence-electron chi connectivity index (χ4n) is 4.22. The lowest BCUT2D eigenvalue weighted by atomic mass is 9.69. The first kappa shape index (κ1) is 20.4. The van der Waals surface area contributed by atoms with Crippen LogP contribution in [0.1, 0.15) is 60.0 Å². The highest BCUT2D eigenvalue weighted by molar-refractivity contribution is 7.16. The number of anilines is 1. The molecule has 154 valence electrons. The van der Waals surface area contributed by atoms with E-state index in [0.29, 0.717) is 27.5 Å². The zero-order valence-electron chi connectivity index (χ0n) is 17.4. The summed E-state index contributed by atoms with van der Waals surface area (Å²) < 4.78 is 5.18. The Labute approximate surface area is 179 Å². The number of benzene rings is 1. The van der Waals surface area contributed by atoms with Crippen molar-refractivity contribution in [2.75, 3.05) is 5.32 Å². The van der Waals surface area contributed by atoms with Crippen LogP contribution in [0.5, 0.6) is 0 Å². The number of fused-ring (bicyclic) bond motifs is 2. The minimum absolute atomic E-state index is 0.245. The second kappa shape index (κ2) is 7.73. The monoisotopic (exact) mass is 420 g/mol. The maximum atomic E-state index is 13.0. The third-order valence-electron chi connectivity index (χ3n) is 6.52. The molecule has 0 spiro atoms. The minimum Gasteiger partial charge on any atom is -0.423 e. The van der Waals surface area contributed by atoms with Crippen molar-refractivity contribution in [3.63, 3.8) is 0 Å². The molecule has 0 saturated heterocycles. The van der Waals surface area contributed by atoms with Gasteiger partial charge in [-0.25, -0.2) is 4.79 Å². The Balaban J connectivity index is 1.68. The number of carbonyl (C=O) groups is 1. The lowest BCUT2D eigenvalue weighted by molar-refractivity contribution is 0.102. The fourth-order valence-corrected chi connectivity index (χ4v) is 5.49. The average molecular weight is 421 g/mol. The van der Waals surface area contributed by atoms with Gasteiger partial charge in [-0.15, -0.1) is 11.3 Å². The Kier molecular flexibility index (Phi) is 5.25. The molecule has 0 bridgehead atoms. The van der Waals surface area contributed by atoms with Crippen LogP contribution in [0.3, 0.4) is 0 Å². The summed E-state index contributed by atoms with van der Waals surface area (Å²) in [5.74, 6) is 0.158. The van der Waals surface area contributed by atoms with E-state index in [2.05, 4.69) is 32.2 Å². The lowest BCUT2D eigenvalue weighted by Gasteiger charge is -2.36. The van der Waals surface area contributed by atoms with E-state index in [9.17, 15) is 14.9 Å². The Morgan fingerprint density at radius 3 is 2.87 bits per heavy atom. The van der Waals surface area contributed by atoms with Gasteiger partial charge in [0.15, 0.2) is 0 Å². The van der Waals surface area contributed by atoms with Gasteiger partial charge in [0.05, 0.1) is 11.1 Å². The van der Waals surface area contributed by atoms with Crippen LogP contribution in [0.4, 0.5) is 5.00 Å². The van der Waals surface area contributed by atoms with Gasteiger partial charge in [-0.3, -0.25) is 4.79 Å². The number of thiophene rings is 1. The zero-order chi connectivity index (χ0) is 21.5. The molecule has 1 aliphatic rings. The maximum absolute atomic E-state index is 13.0. The van der Waals surface area contributed by atoms with Crippen LogP contribution in [-0.4, -0.2) is 5.91 Å². The third kappa shape index (κ3) is 3.54. The van der Waals surface area contributed by atoms with Gasteiger partial charge in [-0.05, 0) is 42.2 Å². The van der Waals surface area contributed by atoms with Crippen molar-refractivity contribution in [2.45, 2.75) is 46.5 Å². The number of hydrogen-bond acceptors (Lipinski definition) is 5. The molecule has 2 heterocycles. The first-order valence-corrected chi connectivity index (χ1v) is 11.0. The predicted molar refractivity (Wildman–Crippen MR) is 119 cm³/mol. The van der Waals surface area contributed by atoms with Gasteiger partial charge in [-0.1, -0.05) is 45.4 Å². The highest BCUT2D eigenvalue weighted by atomic mass is 32.1. The van der Waals surface area contributed by atoms with E-state index in [1.54, 1.807) is 24.3 Å². The van der Waals surface area contributed by atoms with Crippen molar-refractivity contribution < 1.29 is 9.21 Å². The summed E-state index contributed by atoms with van der Waals surface area (Å²) in [6, 6.07) is 10.4. The number of para-hydroxylation sites is 1. The number of amides is 1. The van der Waals surface area contributed by atoms with Gasteiger partial charge >= 0.3 is 5.63 Å².